The Morgan fingerprint density at radius 1 is 1.32 bits per heavy atom. The van der Waals surface area contributed by atoms with Crippen LogP contribution in [0.3, 0.4) is 0 Å². The van der Waals surface area contributed by atoms with Crippen LogP contribution in [-0.4, -0.2) is 30.2 Å². The summed E-state index contributed by atoms with van der Waals surface area (Å²) in [6.07, 6.45) is 1.84. The smallest absolute Gasteiger partial charge is 0.352 e. The Bertz CT molecular complexity index is 792. The molecule has 0 saturated carbocycles. The molecule has 0 radical (unpaired) electrons. The average Bonchev–Trinajstić information content (AvgIpc) is 2.83. The first kappa shape index (κ1) is 11.7. The van der Waals surface area contributed by atoms with Gasteiger partial charge < -0.3 is 5.11 Å². The van der Waals surface area contributed by atoms with Crippen molar-refractivity contribution in [1.29, 1.82) is 0 Å². The van der Waals surface area contributed by atoms with E-state index in [-0.39, 0.29) is 11.2 Å². The highest BCUT2D eigenvalue weighted by Crippen LogP contribution is 2.21. The topological polar surface area (TPSA) is 72.4 Å². The van der Waals surface area contributed by atoms with Gasteiger partial charge in [0, 0.05) is 0 Å². The highest BCUT2D eigenvalue weighted by atomic mass is 16.4. The standard InChI is InChI=1S/C13H14N4O2/c1-13(2,3)16-7-8-11(15-16)17-9(12(18)19)5-4-6-10(17)14-8/h4-7H,1-3H3,(H,18,19). The van der Waals surface area contributed by atoms with Gasteiger partial charge in [-0.3, -0.25) is 9.08 Å². The van der Waals surface area contributed by atoms with Crippen molar-refractivity contribution in [2.24, 2.45) is 0 Å². The van der Waals surface area contributed by atoms with Gasteiger partial charge >= 0.3 is 5.97 Å². The first-order valence-electron chi connectivity index (χ1n) is 5.98. The minimum absolute atomic E-state index is 0.166. The van der Waals surface area contributed by atoms with Gasteiger partial charge in [0.1, 0.15) is 16.9 Å². The lowest BCUT2D eigenvalue weighted by Gasteiger charge is -2.18. The van der Waals surface area contributed by atoms with Crippen molar-refractivity contribution in [1.82, 2.24) is 19.2 Å². The minimum Gasteiger partial charge on any atom is -0.477 e. The first-order valence-corrected chi connectivity index (χ1v) is 5.98. The Morgan fingerprint density at radius 3 is 2.68 bits per heavy atom. The molecule has 3 rings (SSSR count). The third-order valence-electron chi connectivity index (χ3n) is 3.00. The third-order valence-corrected chi connectivity index (χ3v) is 3.00. The number of carboxylic acids is 1. The monoisotopic (exact) mass is 258 g/mol. The number of hydrogen-bond donors (Lipinski definition) is 1. The largest absolute Gasteiger partial charge is 0.477 e. The number of aromatic nitrogens is 4. The molecule has 1 N–H and O–H groups in total. The van der Waals surface area contributed by atoms with E-state index in [0.29, 0.717) is 16.8 Å². The van der Waals surface area contributed by atoms with Crippen LogP contribution >= 0.6 is 0 Å². The maximum Gasteiger partial charge on any atom is 0.352 e. The van der Waals surface area contributed by atoms with E-state index in [0.717, 1.165) is 0 Å². The van der Waals surface area contributed by atoms with E-state index >= 15 is 0 Å². The fraction of sp³-hybridized carbons (Fsp3) is 0.308. The SMILES string of the molecule is CC(C)(C)n1cc2nc3cccc(C(=O)O)n3c2n1. The van der Waals surface area contributed by atoms with Gasteiger partial charge in [-0.25, -0.2) is 9.78 Å². The van der Waals surface area contributed by atoms with E-state index in [1.165, 1.54) is 0 Å². The van der Waals surface area contributed by atoms with Gasteiger partial charge in [-0.05, 0) is 32.9 Å². The number of aromatic carboxylic acids is 1. The summed E-state index contributed by atoms with van der Waals surface area (Å²) in [6, 6.07) is 5.00. The zero-order valence-corrected chi connectivity index (χ0v) is 11.0. The molecule has 0 spiro atoms. The number of carboxylic acid groups (broad SMARTS) is 1. The molecule has 0 unspecified atom stereocenters. The Hall–Kier alpha value is -2.37. The third kappa shape index (κ3) is 1.68. The van der Waals surface area contributed by atoms with E-state index in [2.05, 4.69) is 10.1 Å². The number of hydrogen-bond acceptors (Lipinski definition) is 3. The predicted molar refractivity (Wildman–Crippen MR) is 70.4 cm³/mol. The molecular formula is C13H14N4O2. The number of carbonyl (C=O) groups is 1. The highest BCUT2D eigenvalue weighted by Gasteiger charge is 2.20. The molecular weight excluding hydrogens is 244 g/mol. The lowest BCUT2D eigenvalue weighted by Crippen LogP contribution is -2.22. The molecule has 0 aromatic carbocycles. The van der Waals surface area contributed by atoms with E-state index in [9.17, 15) is 9.90 Å². The van der Waals surface area contributed by atoms with Crippen molar-refractivity contribution in [3.8, 4) is 0 Å². The summed E-state index contributed by atoms with van der Waals surface area (Å²) in [5.74, 6) is -0.991. The van der Waals surface area contributed by atoms with Crippen molar-refractivity contribution in [3.05, 3.63) is 30.1 Å². The second kappa shape index (κ2) is 3.57. The molecule has 3 aromatic heterocycles. The maximum absolute atomic E-state index is 11.3. The van der Waals surface area contributed by atoms with Crippen LogP contribution in [0.5, 0.6) is 0 Å². The van der Waals surface area contributed by atoms with Crippen LogP contribution < -0.4 is 0 Å². The highest BCUT2D eigenvalue weighted by molar-refractivity contribution is 5.89. The lowest BCUT2D eigenvalue weighted by molar-refractivity contribution is 0.0689. The normalized spacial score (nSPS) is 12.4. The molecule has 19 heavy (non-hydrogen) atoms. The number of pyridine rings is 1. The first-order chi connectivity index (χ1) is 8.88. The van der Waals surface area contributed by atoms with E-state index in [1.54, 1.807) is 27.3 Å². The molecule has 6 heteroatoms. The zero-order chi connectivity index (χ0) is 13.8. The molecule has 0 atom stereocenters. The summed E-state index contributed by atoms with van der Waals surface area (Å²) < 4.78 is 3.37. The van der Waals surface area contributed by atoms with Gasteiger partial charge in [0.25, 0.3) is 0 Å². The Kier molecular flexibility index (Phi) is 2.20. The fourth-order valence-electron chi connectivity index (χ4n) is 2.04. The van der Waals surface area contributed by atoms with Crippen LogP contribution in [0.4, 0.5) is 0 Å². The zero-order valence-electron chi connectivity index (χ0n) is 11.0. The second-order valence-electron chi connectivity index (χ2n) is 5.47. The van der Waals surface area contributed by atoms with E-state index in [1.807, 2.05) is 27.0 Å². The fourth-order valence-corrected chi connectivity index (χ4v) is 2.04. The molecule has 98 valence electrons. The molecule has 3 aromatic rings. The number of nitrogens with zero attached hydrogens (tertiary/aromatic N) is 4. The van der Waals surface area contributed by atoms with Crippen molar-refractivity contribution >= 4 is 22.8 Å². The van der Waals surface area contributed by atoms with Crippen LogP contribution in [0.25, 0.3) is 16.8 Å². The molecule has 0 fully saturated rings. The molecule has 0 aliphatic heterocycles. The molecule has 0 saturated heterocycles. The molecule has 6 nitrogen and oxygen atoms in total. The summed E-state index contributed by atoms with van der Waals surface area (Å²) in [7, 11) is 0. The van der Waals surface area contributed by atoms with E-state index < -0.39 is 5.97 Å². The van der Waals surface area contributed by atoms with Crippen LogP contribution in [0.15, 0.2) is 24.4 Å². The Labute approximate surface area is 109 Å². The summed E-state index contributed by atoms with van der Waals surface area (Å²) in [5.41, 5.74) is 1.86. The summed E-state index contributed by atoms with van der Waals surface area (Å²) >= 11 is 0. The summed E-state index contributed by atoms with van der Waals surface area (Å²) in [4.78, 5) is 15.7. The summed E-state index contributed by atoms with van der Waals surface area (Å²) in [6.45, 7) is 6.09. The van der Waals surface area contributed by atoms with Crippen molar-refractivity contribution in [2.75, 3.05) is 0 Å². The quantitative estimate of drug-likeness (QED) is 0.725. The maximum atomic E-state index is 11.3. The molecule has 3 heterocycles. The second-order valence-corrected chi connectivity index (χ2v) is 5.47. The van der Waals surface area contributed by atoms with Crippen LogP contribution in [0, 0.1) is 0 Å². The summed E-state index contributed by atoms with van der Waals surface area (Å²) in [5, 5.41) is 13.7. The van der Waals surface area contributed by atoms with Gasteiger partial charge in [0.2, 0.25) is 0 Å². The molecule has 0 amide bonds. The Balaban J connectivity index is 2.39. The van der Waals surface area contributed by atoms with Crippen molar-refractivity contribution in [3.63, 3.8) is 0 Å². The van der Waals surface area contributed by atoms with Gasteiger partial charge in [-0.2, -0.15) is 5.10 Å². The number of imidazole rings is 1. The number of fused-ring (bicyclic) bond motifs is 3. The van der Waals surface area contributed by atoms with Crippen molar-refractivity contribution < 1.29 is 9.90 Å². The Morgan fingerprint density at radius 2 is 2.05 bits per heavy atom. The van der Waals surface area contributed by atoms with Crippen molar-refractivity contribution in [2.45, 2.75) is 26.3 Å². The number of rotatable bonds is 1. The molecule has 0 aliphatic carbocycles. The average molecular weight is 258 g/mol. The van der Waals surface area contributed by atoms with Gasteiger partial charge in [0.05, 0.1) is 11.7 Å². The molecule has 0 aliphatic rings. The molecule has 0 bridgehead atoms. The predicted octanol–water partition coefficient (Wildman–Crippen LogP) is 2.14. The van der Waals surface area contributed by atoms with Crippen LogP contribution in [-0.2, 0) is 5.54 Å². The lowest BCUT2D eigenvalue weighted by atomic mass is 10.1. The van der Waals surface area contributed by atoms with Crippen LogP contribution in [0.1, 0.15) is 31.3 Å². The van der Waals surface area contributed by atoms with Crippen LogP contribution in [0.2, 0.25) is 0 Å². The van der Waals surface area contributed by atoms with Gasteiger partial charge in [0.15, 0.2) is 5.65 Å². The minimum atomic E-state index is -0.991. The van der Waals surface area contributed by atoms with Gasteiger partial charge in [-0.1, -0.05) is 6.07 Å². The van der Waals surface area contributed by atoms with Gasteiger partial charge in [-0.15, -0.1) is 0 Å². The van der Waals surface area contributed by atoms with E-state index in [4.69, 9.17) is 0 Å².